The molecule has 9 nitrogen and oxygen atoms in total. The molecular weight excluding hydrogens is 506 g/mol. The number of halogens is 1. The van der Waals surface area contributed by atoms with Crippen LogP contribution in [0.25, 0.3) is 17.3 Å². The summed E-state index contributed by atoms with van der Waals surface area (Å²) in [6.07, 6.45) is 0.344. The Bertz CT molecular complexity index is 1410. The van der Waals surface area contributed by atoms with Crippen LogP contribution in [0.4, 0.5) is 0 Å². The van der Waals surface area contributed by atoms with E-state index in [1.165, 1.54) is 14.2 Å². The van der Waals surface area contributed by atoms with Crippen LogP contribution in [0.5, 0.6) is 11.5 Å². The number of methoxy groups -OCH3 is 3. The summed E-state index contributed by atoms with van der Waals surface area (Å²) in [6, 6.07) is 15.9. The van der Waals surface area contributed by atoms with E-state index < -0.39 is 9.84 Å². The van der Waals surface area contributed by atoms with Crippen molar-refractivity contribution in [1.82, 2.24) is 14.8 Å². The molecule has 0 spiro atoms. The van der Waals surface area contributed by atoms with Crippen molar-refractivity contribution in [2.75, 3.05) is 27.1 Å². The number of sulfone groups is 1. The van der Waals surface area contributed by atoms with Crippen LogP contribution in [0.2, 0.25) is 5.02 Å². The van der Waals surface area contributed by atoms with E-state index in [1.807, 2.05) is 12.1 Å². The van der Waals surface area contributed by atoms with Crippen LogP contribution >= 0.6 is 11.6 Å². The fourth-order valence-electron chi connectivity index (χ4n) is 3.77. The van der Waals surface area contributed by atoms with Gasteiger partial charge in [0.05, 0.1) is 20.0 Å². The summed E-state index contributed by atoms with van der Waals surface area (Å²) in [5, 5.41) is 9.12. The van der Waals surface area contributed by atoms with Gasteiger partial charge in [0.2, 0.25) is 5.82 Å². The smallest absolute Gasteiger partial charge is 0.204 e. The minimum atomic E-state index is -3.57. The third kappa shape index (κ3) is 5.72. The number of rotatable bonds is 11. The normalized spacial score (nSPS) is 11.6. The number of ether oxygens (including phenoxy) is 3. The second kappa shape index (κ2) is 11.2. The molecule has 0 unspecified atom stereocenters. The Kier molecular flexibility index (Phi) is 7.97. The fraction of sp³-hybridized carbons (Fsp3) is 0.280. The monoisotopic (exact) mass is 531 g/mol. The number of benzene rings is 2. The van der Waals surface area contributed by atoms with Crippen molar-refractivity contribution >= 4 is 21.4 Å². The van der Waals surface area contributed by atoms with Crippen molar-refractivity contribution in [2.45, 2.75) is 18.8 Å². The van der Waals surface area contributed by atoms with E-state index in [4.69, 9.17) is 30.2 Å². The molecule has 0 saturated carbocycles. The number of aryl methyl sites for hydroxylation is 1. The molecule has 0 bridgehead atoms. The number of nitrogens with zero attached hydrogens (tertiary/aromatic N) is 3. The first kappa shape index (κ1) is 25.7. The van der Waals surface area contributed by atoms with Crippen LogP contribution in [0.15, 0.2) is 59.0 Å². The lowest BCUT2D eigenvalue weighted by atomic mass is 10.2. The highest BCUT2D eigenvalue weighted by Gasteiger charge is 2.27. The number of furan rings is 1. The van der Waals surface area contributed by atoms with Crippen molar-refractivity contribution in [2.24, 2.45) is 0 Å². The van der Waals surface area contributed by atoms with Crippen molar-refractivity contribution in [3.05, 3.63) is 76.8 Å². The highest BCUT2D eigenvalue weighted by atomic mass is 35.5. The van der Waals surface area contributed by atoms with Gasteiger partial charge in [0.1, 0.15) is 35.3 Å². The molecule has 2 aromatic heterocycles. The lowest BCUT2D eigenvalue weighted by molar-refractivity contribution is 0.165. The molecule has 2 heterocycles. The zero-order valence-electron chi connectivity index (χ0n) is 20.1. The van der Waals surface area contributed by atoms with Crippen molar-refractivity contribution < 1.29 is 27.0 Å². The molecule has 4 aromatic rings. The van der Waals surface area contributed by atoms with Crippen molar-refractivity contribution in [3.8, 4) is 28.8 Å². The van der Waals surface area contributed by atoms with Crippen molar-refractivity contribution in [1.29, 1.82) is 0 Å². The minimum Gasteiger partial charge on any atom is -0.494 e. The van der Waals surface area contributed by atoms with E-state index in [1.54, 1.807) is 54.1 Å². The Morgan fingerprint density at radius 1 is 0.944 bits per heavy atom. The van der Waals surface area contributed by atoms with Gasteiger partial charge in [-0.1, -0.05) is 29.8 Å². The molecule has 0 atom stereocenters. The van der Waals surface area contributed by atoms with Gasteiger partial charge in [-0.25, -0.2) is 8.42 Å². The second-order valence-corrected chi connectivity index (χ2v) is 10.6. The van der Waals surface area contributed by atoms with E-state index in [0.717, 1.165) is 5.56 Å². The molecule has 190 valence electrons. The van der Waals surface area contributed by atoms with Gasteiger partial charge in [-0.3, -0.25) is 4.57 Å². The second-order valence-electron chi connectivity index (χ2n) is 7.95. The van der Waals surface area contributed by atoms with Crippen LogP contribution < -0.4 is 9.47 Å². The lowest BCUT2D eigenvalue weighted by Gasteiger charge is -2.17. The first-order valence-electron chi connectivity index (χ1n) is 11.0. The Morgan fingerprint density at radius 2 is 1.64 bits per heavy atom. The summed E-state index contributed by atoms with van der Waals surface area (Å²) in [5.74, 6) is 1.99. The maximum Gasteiger partial charge on any atom is 0.204 e. The first-order valence-corrected chi connectivity index (χ1v) is 13.2. The Hall–Kier alpha value is -3.34. The molecule has 2 aromatic carbocycles. The molecule has 0 radical (unpaired) electrons. The molecule has 11 heteroatoms. The van der Waals surface area contributed by atoms with E-state index in [0.29, 0.717) is 46.0 Å². The van der Waals surface area contributed by atoms with Crippen molar-refractivity contribution in [3.63, 3.8) is 0 Å². The van der Waals surface area contributed by atoms with Gasteiger partial charge in [-0.15, -0.1) is 10.2 Å². The summed E-state index contributed by atoms with van der Waals surface area (Å²) >= 11 is 5.93. The summed E-state index contributed by atoms with van der Waals surface area (Å²) in [5.41, 5.74) is 1.34. The molecule has 0 aliphatic carbocycles. The standard InChI is InChI=1S/C25H26ClN3O6S/c1-32-15-19-11-12-22(35-19)25-28-27-23(29(25)24-20(33-2)5-4-6-21(24)34-3)16-36(30,31)14-13-17-7-9-18(26)10-8-17/h4-12H,13-16H2,1-3H3. The Balaban J connectivity index is 1.75. The molecule has 0 amide bonds. The van der Waals surface area contributed by atoms with E-state index >= 15 is 0 Å². The third-order valence-electron chi connectivity index (χ3n) is 5.49. The summed E-state index contributed by atoms with van der Waals surface area (Å²) in [4.78, 5) is 0. The molecule has 0 N–H and O–H groups in total. The van der Waals surface area contributed by atoms with E-state index in [9.17, 15) is 8.42 Å². The molecule has 0 aliphatic heterocycles. The van der Waals surface area contributed by atoms with Gasteiger partial charge in [0, 0.05) is 12.1 Å². The van der Waals surface area contributed by atoms with Crippen LogP contribution in [0.3, 0.4) is 0 Å². The molecule has 0 saturated heterocycles. The molecule has 4 rings (SSSR count). The lowest BCUT2D eigenvalue weighted by Crippen LogP contribution is -2.16. The maximum atomic E-state index is 13.2. The minimum absolute atomic E-state index is 0.0708. The molecule has 0 aliphatic rings. The Labute approximate surface area is 214 Å². The maximum absolute atomic E-state index is 13.2. The van der Waals surface area contributed by atoms with Crippen LogP contribution in [0, 0.1) is 0 Å². The Morgan fingerprint density at radius 3 is 2.28 bits per heavy atom. The number of aromatic nitrogens is 3. The number of para-hydroxylation sites is 1. The largest absolute Gasteiger partial charge is 0.494 e. The first-order chi connectivity index (χ1) is 17.3. The zero-order valence-corrected chi connectivity index (χ0v) is 21.7. The summed E-state index contributed by atoms with van der Waals surface area (Å²) < 4.78 is 50.1. The third-order valence-corrected chi connectivity index (χ3v) is 7.26. The van der Waals surface area contributed by atoms with E-state index in [-0.39, 0.29) is 23.9 Å². The average molecular weight is 532 g/mol. The van der Waals surface area contributed by atoms with Gasteiger partial charge in [0.25, 0.3) is 0 Å². The highest BCUT2D eigenvalue weighted by molar-refractivity contribution is 7.90. The highest BCUT2D eigenvalue weighted by Crippen LogP contribution is 2.37. The van der Waals surface area contributed by atoms with Crippen LogP contribution in [0.1, 0.15) is 17.1 Å². The predicted molar refractivity (Wildman–Crippen MR) is 136 cm³/mol. The molecule has 0 fully saturated rings. The summed E-state index contributed by atoms with van der Waals surface area (Å²) in [6.45, 7) is 0.276. The number of hydrogen-bond donors (Lipinski definition) is 0. The fourth-order valence-corrected chi connectivity index (χ4v) is 5.17. The van der Waals surface area contributed by atoms with Gasteiger partial charge in [-0.2, -0.15) is 0 Å². The average Bonchev–Trinajstić information content (AvgIpc) is 3.50. The van der Waals surface area contributed by atoms with Gasteiger partial charge in [0.15, 0.2) is 21.4 Å². The van der Waals surface area contributed by atoms with Gasteiger partial charge in [-0.05, 0) is 48.4 Å². The number of hydrogen-bond acceptors (Lipinski definition) is 8. The molecular formula is C25H26ClN3O6S. The quantitative estimate of drug-likeness (QED) is 0.278. The molecule has 36 heavy (non-hydrogen) atoms. The predicted octanol–water partition coefficient (Wildman–Crippen LogP) is 4.50. The SMILES string of the molecule is COCc1ccc(-c2nnc(CS(=O)(=O)CCc3ccc(Cl)cc3)n2-c2c(OC)cccc2OC)o1. The zero-order chi connectivity index (χ0) is 25.7. The van der Waals surface area contributed by atoms with Gasteiger partial charge < -0.3 is 18.6 Å². The topological polar surface area (TPSA) is 106 Å². The van der Waals surface area contributed by atoms with Crippen LogP contribution in [-0.2, 0) is 33.4 Å². The van der Waals surface area contributed by atoms with Crippen LogP contribution in [-0.4, -0.2) is 50.3 Å². The van der Waals surface area contributed by atoms with Gasteiger partial charge >= 0.3 is 0 Å². The summed E-state index contributed by atoms with van der Waals surface area (Å²) in [7, 11) is 1.04. The van der Waals surface area contributed by atoms with E-state index in [2.05, 4.69) is 10.2 Å².